The normalized spacial score (nSPS) is 9.21. The third kappa shape index (κ3) is 8.47. The van der Waals surface area contributed by atoms with Crippen molar-refractivity contribution in [2.75, 3.05) is 20.0 Å². The van der Waals surface area contributed by atoms with Gasteiger partial charge in [-0.25, -0.2) is 9.59 Å². The van der Waals surface area contributed by atoms with Crippen LogP contribution in [0.3, 0.4) is 0 Å². The second-order valence-electron chi connectivity index (χ2n) is 2.16. The summed E-state index contributed by atoms with van der Waals surface area (Å²) in [5.74, 6) is -2.56. The predicted octanol–water partition coefficient (Wildman–Crippen LogP) is -0.849. The maximum absolute atomic E-state index is 10.7. The molecular formula is C7H10O7. The largest absolute Gasteiger partial charge is 0.480 e. The molecule has 0 spiro atoms. The Kier molecular flexibility index (Phi) is 6.04. The van der Waals surface area contributed by atoms with E-state index >= 15 is 0 Å². The molecule has 0 aliphatic rings. The van der Waals surface area contributed by atoms with Gasteiger partial charge in [-0.3, -0.25) is 4.79 Å². The molecule has 0 heterocycles. The van der Waals surface area contributed by atoms with Crippen LogP contribution >= 0.6 is 0 Å². The van der Waals surface area contributed by atoms with E-state index in [9.17, 15) is 14.4 Å². The monoisotopic (exact) mass is 206 g/mol. The first-order valence-electron chi connectivity index (χ1n) is 3.61. The number of ether oxygens (including phenoxy) is 3. The Balaban J connectivity index is 3.37. The summed E-state index contributed by atoms with van der Waals surface area (Å²) in [6, 6.07) is 0. The maximum Gasteiger partial charge on any atom is 0.334 e. The lowest BCUT2D eigenvalue weighted by Crippen LogP contribution is -2.18. The van der Waals surface area contributed by atoms with E-state index in [1.165, 1.54) is 0 Å². The molecule has 0 aromatic carbocycles. The quantitative estimate of drug-likeness (QED) is 0.446. The lowest BCUT2D eigenvalue weighted by atomic mass is 10.7. The summed E-state index contributed by atoms with van der Waals surface area (Å²) in [7, 11) is 0. The molecule has 0 rings (SSSR count). The van der Waals surface area contributed by atoms with Crippen LogP contribution < -0.4 is 0 Å². The molecule has 7 heteroatoms. The molecule has 1 N–H and O–H groups in total. The van der Waals surface area contributed by atoms with Crippen LogP contribution in [0.25, 0.3) is 0 Å². The maximum atomic E-state index is 10.7. The topological polar surface area (TPSA) is 99.1 Å². The summed E-state index contributed by atoms with van der Waals surface area (Å²) < 4.78 is 13.0. The molecule has 14 heavy (non-hydrogen) atoms. The van der Waals surface area contributed by atoms with Crippen LogP contribution in [0, 0.1) is 0 Å². The Hall–Kier alpha value is -1.63. The van der Waals surface area contributed by atoms with E-state index in [0.29, 0.717) is 0 Å². The Morgan fingerprint density at radius 2 is 1.79 bits per heavy atom. The van der Waals surface area contributed by atoms with Crippen LogP contribution in [0.2, 0.25) is 0 Å². The van der Waals surface area contributed by atoms with Crippen molar-refractivity contribution in [3.63, 3.8) is 0 Å². The van der Waals surface area contributed by atoms with Gasteiger partial charge in [-0.15, -0.1) is 0 Å². The average molecular weight is 206 g/mol. The van der Waals surface area contributed by atoms with Gasteiger partial charge >= 0.3 is 17.9 Å². The molecule has 0 radical (unpaired) electrons. The Labute approximate surface area is 79.5 Å². The minimum atomic E-state index is -1.18. The zero-order valence-corrected chi connectivity index (χ0v) is 7.52. The highest BCUT2D eigenvalue weighted by atomic mass is 16.7. The number of carbonyl (C=O) groups is 3. The molecule has 0 unspecified atom stereocenters. The molecule has 0 saturated heterocycles. The van der Waals surface area contributed by atoms with Gasteiger partial charge in [0.15, 0.2) is 0 Å². The van der Waals surface area contributed by atoms with Crippen LogP contribution in [-0.2, 0) is 28.6 Å². The van der Waals surface area contributed by atoms with Gasteiger partial charge in [-0.1, -0.05) is 0 Å². The van der Waals surface area contributed by atoms with Crippen molar-refractivity contribution in [2.24, 2.45) is 0 Å². The molecule has 0 saturated carbocycles. The van der Waals surface area contributed by atoms with Crippen molar-refractivity contribution in [3.05, 3.63) is 0 Å². The highest BCUT2D eigenvalue weighted by molar-refractivity contribution is 5.72. The van der Waals surface area contributed by atoms with Crippen LogP contribution in [0.1, 0.15) is 6.92 Å². The van der Waals surface area contributed by atoms with Crippen molar-refractivity contribution >= 4 is 17.9 Å². The lowest BCUT2D eigenvalue weighted by Gasteiger charge is -2.03. The van der Waals surface area contributed by atoms with Crippen molar-refractivity contribution in [3.8, 4) is 0 Å². The summed E-state index contributed by atoms with van der Waals surface area (Å²) in [6.07, 6.45) is 0. The van der Waals surface area contributed by atoms with E-state index in [1.54, 1.807) is 0 Å². The first-order chi connectivity index (χ1) is 6.52. The third-order valence-corrected chi connectivity index (χ3v) is 0.928. The highest BCUT2D eigenvalue weighted by Crippen LogP contribution is 1.84. The van der Waals surface area contributed by atoms with Crippen LogP contribution in [0.5, 0.6) is 0 Å². The fourth-order valence-corrected chi connectivity index (χ4v) is 0.442. The van der Waals surface area contributed by atoms with Gasteiger partial charge in [0.2, 0.25) is 6.79 Å². The summed E-state index contributed by atoms with van der Waals surface area (Å²) in [5.41, 5.74) is 0. The Bertz CT molecular complexity index is 200. The number of hydrogen-bond acceptors (Lipinski definition) is 6. The van der Waals surface area contributed by atoms with Gasteiger partial charge in [0.05, 0.1) is 0 Å². The van der Waals surface area contributed by atoms with E-state index in [-0.39, 0.29) is 0 Å². The molecule has 0 aliphatic heterocycles. The number of carboxylic acids is 1. The van der Waals surface area contributed by atoms with E-state index in [4.69, 9.17) is 5.11 Å². The molecule has 0 aromatic rings. The van der Waals surface area contributed by atoms with E-state index in [2.05, 4.69) is 14.2 Å². The number of hydrogen-bond donors (Lipinski definition) is 1. The zero-order chi connectivity index (χ0) is 11.0. The van der Waals surface area contributed by atoms with Gasteiger partial charge in [-0.2, -0.15) is 0 Å². The minimum Gasteiger partial charge on any atom is -0.480 e. The van der Waals surface area contributed by atoms with Crippen molar-refractivity contribution in [1.29, 1.82) is 0 Å². The molecule has 7 nitrogen and oxygen atoms in total. The Morgan fingerprint density at radius 3 is 2.29 bits per heavy atom. The first-order valence-corrected chi connectivity index (χ1v) is 3.61. The molecule has 0 bridgehead atoms. The molecule has 0 fully saturated rings. The van der Waals surface area contributed by atoms with Crippen LogP contribution in [-0.4, -0.2) is 43.0 Å². The summed E-state index contributed by atoms with van der Waals surface area (Å²) in [4.78, 5) is 30.8. The van der Waals surface area contributed by atoms with Gasteiger partial charge < -0.3 is 19.3 Å². The predicted molar refractivity (Wildman–Crippen MR) is 41.2 cm³/mol. The van der Waals surface area contributed by atoms with E-state index in [0.717, 1.165) is 6.92 Å². The summed E-state index contributed by atoms with van der Waals surface area (Å²) in [5, 5.41) is 8.13. The van der Waals surface area contributed by atoms with E-state index in [1.807, 2.05) is 0 Å². The molecule has 0 aromatic heterocycles. The van der Waals surface area contributed by atoms with Gasteiger partial charge in [0, 0.05) is 6.92 Å². The smallest absolute Gasteiger partial charge is 0.334 e. The van der Waals surface area contributed by atoms with Gasteiger partial charge in [0.1, 0.15) is 13.2 Å². The second kappa shape index (κ2) is 6.84. The zero-order valence-electron chi connectivity index (χ0n) is 7.52. The molecule has 0 amide bonds. The third-order valence-electron chi connectivity index (χ3n) is 0.928. The number of carboxylic acid groups (broad SMARTS) is 1. The number of aliphatic carboxylic acids is 1. The number of carbonyl (C=O) groups excluding carboxylic acids is 2. The fourth-order valence-electron chi connectivity index (χ4n) is 0.442. The van der Waals surface area contributed by atoms with Gasteiger partial charge in [0.25, 0.3) is 0 Å². The summed E-state index contributed by atoms with van der Waals surface area (Å²) in [6.45, 7) is -0.407. The number of rotatable bonds is 6. The Morgan fingerprint density at radius 1 is 1.14 bits per heavy atom. The fraction of sp³-hybridized carbons (Fsp3) is 0.571. The number of esters is 2. The lowest BCUT2D eigenvalue weighted by molar-refractivity contribution is -0.169. The van der Waals surface area contributed by atoms with Crippen LogP contribution in [0.4, 0.5) is 0 Å². The molecular weight excluding hydrogens is 196 g/mol. The van der Waals surface area contributed by atoms with Crippen molar-refractivity contribution in [2.45, 2.75) is 6.92 Å². The van der Waals surface area contributed by atoms with E-state index < -0.39 is 37.9 Å². The molecule has 0 atom stereocenters. The summed E-state index contributed by atoms with van der Waals surface area (Å²) >= 11 is 0. The second-order valence-corrected chi connectivity index (χ2v) is 2.16. The molecule has 80 valence electrons. The van der Waals surface area contributed by atoms with Crippen molar-refractivity contribution < 1.29 is 33.7 Å². The minimum absolute atomic E-state index is 0.492. The average Bonchev–Trinajstić information content (AvgIpc) is 2.02. The first kappa shape index (κ1) is 12.4. The molecule has 0 aliphatic carbocycles. The van der Waals surface area contributed by atoms with Crippen LogP contribution in [0.15, 0.2) is 0 Å². The van der Waals surface area contributed by atoms with Gasteiger partial charge in [-0.05, 0) is 0 Å². The van der Waals surface area contributed by atoms with Crippen molar-refractivity contribution in [1.82, 2.24) is 0 Å². The standard InChI is InChI=1S/C7H10O7/c1-5(8)13-4-14-7(11)3-12-2-6(9)10/h2-4H2,1H3,(H,9,10). The highest BCUT2D eigenvalue weighted by Gasteiger charge is 2.05. The SMILES string of the molecule is CC(=O)OCOC(=O)COCC(=O)O.